The lowest BCUT2D eigenvalue weighted by molar-refractivity contribution is 0.0938. The Balaban J connectivity index is 1.93. The first-order valence-electron chi connectivity index (χ1n) is 7.32. The van der Waals surface area contributed by atoms with Gasteiger partial charge in [0, 0.05) is 12.4 Å². The fourth-order valence-corrected chi connectivity index (χ4v) is 2.35. The standard InChI is InChI=1S/C18H15FN4O/c19-14-6-4-12(5-7-14)17(13-8-10-21-11-9-13)23-18(24)15-2-1-3-16(20)22-15/h1-11,17H,(H2,20,22)(H,23,24)/t17-/m0/s1. The third-order valence-corrected chi connectivity index (χ3v) is 3.52. The molecule has 3 rings (SSSR count). The Morgan fingerprint density at radius 2 is 1.67 bits per heavy atom. The van der Waals surface area contributed by atoms with Gasteiger partial charge in [-0.2, -0.15) is 0 Å². The van der Waals surface area contributed by atoms with Gasteiger partial charge >= 0.3 is 0 Å². The van der Waals surface area contributed by atoms with Crippen LogP contribution in [0.3, 0.4) is 0 Å². The molecule has 5 nitrogen and oxygen atoms in total. The SMILES string of the molecule is Nc1cccc(C(=O)N[C@H](c2ccncc2)c2ccc(F)cc2)n1. The number of aromatic nitrogens is 2. The van der Waals surface area contributed by atoms with Gasteiger partial charge in [0.25, 0.3) is 5.91 Å². The lowest BCUT2D eigenvalue weighted by Gasteiger charge is -2.19. The largest absolute Gasteiger partial charge is 0.384 e. The van der Waals surface area contributed by atoms with Crippen LogP contribution in [-0.2, 0) is 0 Å². The number of benzene rings is 1. The number of nitrogens with one attached hydrogen (secondary N) is 1. The molecule has 6 heteroatoms. The summed E-state index contributed by atoms with van der Waals surface area (Å²) >= 11 is 0. The van der Waals surface area contributed by atoms with E-state index in [0.717, 1.165) is 11.1 Å². The second-order valence-electron chi connectivity index (χ2n) is 5.19. The maximum atomic E-state index is 13.2. The van der Waals surface area contributed by atoms with Crippen LogP contribution in [0.25, 0.3) is 0 Å². The average Bonchev–Trinajstić information content (AvgIpc) is 2.61. The molecule has 0 unspecified atom stereocenters. The number of hydrogen-bond acceptors (Lipinski definition) is 4. The zero-order valence-electron chi connectivity index (χ0n) is 12.7. The van der Waals surface area contributed by atoms with Crippen LogP contribution in [0.4, 0.5) is 10.2 Å². The van der Waals surface area contributed by atoms with E-state index in [4.69, 9.17) is 5.73 Å². The van der Waals surface area contributed by atoms with Gasteiger partial charge in [0.05, 0.1) is 6.04 Å². The number of hydrogen-bond donors (Lipinski definition) is 2. The molecule has 3 N–H and O–H groups in total. The highest BCUT2D eigenvalue weighted by molar-refractivity contribution is 5.93. The van der Waals surface area contributed by atoms with Crippen LogP contribution >= 0.6 is 0 Å². The second-order valence-corrected chi connectivity index (χ2v) is 5.19. The topological polar surface area (TPSA) is 80.9 Å². The van der Waals surface area contributed by atoms with Gasteiger partial charge in [-0.1, -0.05) is 18.2 Å². The number of anilines is 1. The van der Waals surface area contributed by atoms with Crippen LogP contribution in [0.15, 0.2) is 67.0 Å². The normalized spacial score (nSPS) is 11.7. The molecular weight excluding hydrogens is 307 g/mol. The third-order valence-electron chi connectivity index (χ3n) is 3.52. The Hall–Kier alpha value is -3.28. The van der Waals surface area contributed by atoms with Crippen molar-refractivity contribution in [2.45, 2.75) is 6.04 Å². The summed E-state index contributed by atoms with van der Waals surface area (Å²) in [7, 11) is 0. The van der Waals surface area contributed by atoms with Crippen molar-refractivity contribution in [3.63, 3.8) is 0 Å². The summed E-state index contributed by atoms with van der Waals surface area (Å²) in [5.41, 5.74) is 7.42. The number of halogens is 1. The molecular formula is C18H15FN4O. The molecule has 0 radical (unpaired) electrons. The molecule has 120 valence electrons. The first-order valence-corrected chi connectivity index (χ1v) is 7.32. The van der Waals surface area contributed by atoms with E-state index in [1.165, 1.54) is 12.1 Å². The van der Waals surface area contributed by atoms with Crippen molar-refractivity contribution < 1.29 is 9.18 Å². The lowest BCUT2D eigenvalue weighted by atomic mass is 9.99. The van der Waals surface area contributed by atoms with Crippen LogP contribution in [0, 0.1) is 5.82 Å². The molecule has 2 aromatic heterocycles. The Morgan fingerprint density at radius 1 is 1.00 bits per heavy atom. The monoisotopic (exact) mass is 322 g/mol. The van der Waals surface area contributed by atoms with Crippen LogP contribution in [-0.4, -0.2) is 15.9 Å². The van der Waals surface area contributed by atoms with E-state index in [-0.39, 0.29) is 23.2 Å². The molecule has 1 amide bonds. The van der Waals surface area contributed by atoms with Crippen LogP contribution in [0.1, 0.15) is 27.7 Å². The minimum atomic E-state index is -0.454. The Labute approximate surface area is 138 Å². The van der Waals surface area contributed by atoms with E-state index >= 15 is 0 Å². The molecule has 1 atom stereocenters. The Morgan fingerprint density at radius 3 is 2.33 bits per heavy atom. The van der Waals surface area contributed by atoms with Crippen molar-refractivity contribution in [2.75, 3.05) is 5.73 Å². The molecule has 0 aliphatic carbocycles. The van der Waals surface area contributed by atoms with Gasteiger partial charge < -0.3 is 11.1 Å². The van der Waals surface area contributed by atoms with Crippen molar-refractivity contribution in [3.05, 3.63) is 89.6 Å². The molecule has 24 heavy (non-hydrogen) atoms. The van der Waals surface area contributed by atoms with E-state index in [9.17, 15) is 9.18 Å². The number of carbonyl (C=O) groups excluding carboxylic acids is 1. The molecule has 0 saturated carbocycles. The smallest absolute Gasteiger partial charge is 0.270 e. The predicted molar refractivity (Wildman–Crippen MR) is 88.6 cm³/mol. The van der Waals surface area contributed by atoms with Crippen molar-refractivity contribution >= 4 is 11.7 Å². The summed E-state index contributed by atoms with van der Waals surface area (Å²) in [5.74, 6) is -0.436. The number of nitrogens with zero attached hydrogens (tertiary/aromatic N) is 2. The van der Waals surface area contributed by atoms with Crippen molar-refractivity contribution in [1.29, 1.82) is 0 Å². The van der Waals surface area contributed by atoms with E-state index in [0.29, 0.717) is 0 Å². The summed E-state index contributed by atoms with van der Waals surface area (Å²) in [6.45, 7) is 0. The van der Waals surface area contributed by atoms with Gasteiger partial charge in [-0.15, -0.1) is 0 Å². The molecule has 3 aromatic rings. The third kappa shape index (κ3) is 3.55. The average molecular weight is 322 g/mol. The van der Waals surface area contributed by atoms with Crippen molar-refractivity contribution in [3.8, 4) is 0 Å². The lowest BCUT2D eigenvalue weighted by Crippen LogP contribution is -2.30. The molecule has 0 bridgehead atoms. The minimum Gasteiger partial charge on any atom is -0.384 e. The highest BCUT2D eigenvalue weighted by Gasteiger charge is 2.18. The molecule has 0 aliphatic heterocycles. The number of carbonyl (C=O) groups is 1. The maximum Gasteiger partial charge on any atom is 0.270 e. The molecule has 0 aliphatic rings. The summed E-state index contributed by atoms with van der Waals surface area (Å²) in [6.07, 6.45) is 3.27. The van der Waals surface area contributed by atoms with Gasteiger partial charge in [0.1, 0.15) is 17.3 Å². The maximum absolute atomic E-state index is 13.2. The molecule has 0 fully saturated rings. The highest BCUT2D eigenvalue weighted by Crippen LogP contribution is 2.22. The van der Waals surface area contributed by atoms with Crippen molar-refractivity contribution in [1.82, 2.24) is 15.3 Å². The van der Waals surface area contributed by atoms with Gasteiger partial charge in [0.15, 0.2) is 0 Å². The zero-order chi connectivity index (χ0) is 16.9. The molecule has 1 aromatic carbocycles. The van der Waals surface area contributed by atoms with E-state index < -0.39 is 6.04 Å². The van der Waals surface area contributed by atoms with E-state index in [2.05, 4.69) is 15.3 Å². The molecule has 0 saturated heterocycles. The minimum absolute atomic E-state index is 0.219. The Kier molecular flexibility index (Phi) is 4.47. The van der Waals surface area contributed by atoms with Crippen LogP contribution in [0.5, 0.6) is 0 Å². The number of rotatable bonds is 4. The van der Waals surface area contributed by atoms with Crippen LogP contribution < -0.4 is 11.1 Å². The number of amides is 1. The number of pyridine rings is 2. The summed E-state index contributed by atoms with van der Waals surface area (Å²) in [6, 6.07) is 14.0. The van der Waals surface area contributed by atoms with Crippen molar-refractivity contribution in [2.24, 2.45) is 0 Å². The van der Waals surface area contributed by atoms with Gasteiger partial charge in [-0.3, -0.25) is 9.78 Å². The molecule has 0 spiro atoms. The quantitative estimate of drug-likeness (QED) is 0.774. The fraction of sp³-hybridized carbons (Fsp3) is 0.0556. The first-order chi connectivity index (χ1) is 11.6. The first kappa shape index (κ1) is 15.6. The zero-order valence-corrected chi connectivity index (χ0v) is 12.7. The second kappa shape index (κ2) is 6.87. The van der Waals surface area contributed by atoms with Crippen LogP contribution in [0.2, 0.25) is 0 Å². The molecule has 2 heterocycles. The van der Waals surface area contributed by atoms with E-state index in [1.807, 2.05) is 0 Å². The summed E-state index contributed by atoms with van der Waals surface area (Å²) < 4.78 is 13.2. The Bertz CT molecular complexity index is 837. The number of nitrogens with two attached hydrogens (primary N) is 1. The summed E-state index contributed by atoms with van der Waals surface area (Å²) in [4.78, 5) is 20.5. The number of nitrogen functional groups attached to an aromatic ring is 1. The predicted octanol–water partition coefficient (Wildman–Crippen LogP) is 2.72. The van der Waals surface area contributed by atoms with Gasteiger partial charge in [-0.05, 0) is 47.5 Å². The van der Waals surface area contributed by atoms with Gasteiger partial charge in [0.2, 0.25) is 0 Å². The highest BCUT2D eigenvalue weighted by atomic mass is 19.1. The van der Waals surface area contributed by atoms with Gasteiger partial charge in [-0.25, -0.2) is 9.37 Å². The van der Waals surface area contributed by atoms with E-state index in [1.54, 1.807) is 54.9 Å². The fourth-order valence-electron chi connectivity index (χ4n) is 2.35. The summed E-state index contributed by atoms with van der Waals surface area (Å²) in [5, 5.41) is 2.91.